The SMILES string of the molecule is Cc1ccc2c(c1)N(C)C[C@@H](COc1ccc(C(=O)n3c(C)c(CC(=O)O)c4cc(C)ccc43)c(Cl)c1)O2. The van der Waals surface area contributed by atoms with Gasteiger partial charge in [-0.1, -0.05) is 29.3 Å². The summed E-state index contributed by atoms with van der Waals surface area (Å²) in [5.41, 5.74) is 5.38. The number of nitrogens with zero attached hydrogens (tertiary/aromatic N) is 2. The Balaban J connectivity index is 1.36. The first-order chi connectivity index (χ1) is 18.1. The van der Waals surface area contributed by atoms with Crippen molar-refractivity contribution in [3.8, 4) is 11.5 Å². The first kappa shape index (κ1) is 25.7. The van der Waals surface area contributed by atoms with Gasteiger partial charge < -0.3 is 19.5 Å². The number of hydrogen-bond donors (Lipinski definition) is 1. The number of halogens is 1. The molecular weight excluding hydrogens is 504 g/mol. The second-order valence-corrected chi connectivity index (χ2v) is 10.2. The van der Waals surface area contributed by atoms with Crippen molar-refractivity contribution in [2.24, 2.45) is 0 Å². The summed E-state index contributed by atoms with van der Waals surface area (Å²) in [6.07, 6.45) is -0.338. The van der Waals surface area contributed by atoms with Crippen molar-refractivity contribution < 1.29 is 24.2 Å². The molecule has 1 aliphatic heterocycles. The number of fused-ring (bicyclic) bond motifs is 2. The average Bonchev–Trinajstić information content (AvgIpc) is 3.13. The highest BCUT2D eigenvalue weighted by atomic mass is 35.5. The average molecular weight is 533 g/mol. The van der Waals surface area contributed by atoms with Crippen molar-refractivity contribution in [2.45, 2.75) is 33.3 Å². The van der Waals surface area contributed by atoms with E-state index in [9.17, 15) is 14.7 Å². The maximum absolute atomic E-state index is 13.6. The number of benzene rings is 3. The van der Waals surface area contributed by atoms with Gasteiger partial charge in [0.15, 0.2) is 0 Å². The Morgan fingerprint density at radius 2 is 1.79 bits per heavy atom. The summed E-state index contributed by atoms with van der Waals surface area (Å²) in [4.78, 5) is 27.3. The molecule has 7 nitrogen and oxygen atoms in total. The van der Waals surface area contributed by atoms with Gasteiger partial charge in [0.25, 0.3) is 5.91 Å². The number of likely N-dealkylation sites (N-methyl/N-ethyl adjacent to an activating group) is 1. The monoisotopic (exact) mass is 532 g/mol. The van der Waals surface area contributed by atoms with Gasteiger partial charge in [0.05, 0.1) is 34.8 Å². The number of rotatable bonds is 6. The zero-order valence-corrected chi connectivity index (χ0v) is 22.5. The van der Waals surface area contributed by atoms with Gasteiger partial charge in [-0.2, -0.15) is 0 Å². The number of aliphatic carboxylic acids is 1. The van der Waals surface area contributed by atoms with E-state index in [1.54, 1.807) is 29.7 Å². The molecule has 4 aromatic rings. The molecule has 38 heavy (non-hydrogen) atoms. The molecule has 0 amide bonds. The van der Waals surface area contributed by atoms with Crippen LogP contribution in [0.2, 0.25) is 5.02 Å². The number of carboxylic acids is 1. The molecule has 8 heteroatoms. The first-order valence-electron chi connectivity index (χ1n) is 12.4. The molecule has 1 aromatic heterocycles. The van der Waals surface area contributed by atoms with Crippen LogP contribution in [0.25, 0.3) is 10.9 Å². The van der Waals surface area contributed by atoms with E-state index in [0.29, 0.717) is 41.2 Å². The van der Waals surface area contributed by atoms with Gasteiger partial charge in [-0.3, -0.25) is 14.2 Å². The minimum absolute atomic E-state index is 0.166. The van der Waals surface area contributed by atoms with Crippen LogP contribution in [-0.2, 0) is 11.2 Å². The largest absolute Gasteiger partial charge is 0.490 e. The van der Waals surface area contributed by atoms with Gasteiger partial charge in [-0.15, -0.1) is 0 Å². The van der Waals surface area contributed by atoms with Crippen LogP contribution in [0.4, 0.5) is 5.69 Å². The Kier molecular flexibility index (Phi) is 6.80. The number of hydrogen-bond acceptors (Lipinski definition) is 5. The van der Waals surface area contributed by atoms with E-state index in [1.807, 2.05) is 44.3 Å². The molecule has 5 rings (SSSR count). The molecule has 0 radical (unpaired) electrons. The van der Waals surface area contributed by atoms with Gasteiger partial charge in [-0.25, -0.2) is 0 Å². The predicted octanol–water partition coefficient (Wildman–Crippen LogP) is 5.81. The molecule has 3 aromatic carbocycles. The Morgan fingerprint density at radius 3 is 2.53 bits per heavy atom. The topological polar surface area (TPSA) is 81.0 Å². The summed E-state index contributed by atoms with van der Waals surface area (Å²) in [5.74, 6) is 0.0774. The molecule has 2 heterocycles. The summed E-state index contributed by atoms with van der Waals surface area (Å²) in [7, 11) is 2.03. The second kappa shape index (κ2) is 10.1. The highest BCUT2D eigenvalue weighted by molar-refractivity contribution is 6.34. The third kappa shape index (κ3) is 4.82. The van der Waals surface area contributed by atoms with Crippen LogP contribution >= 0.6 is 11.6 Å². The molecule has 1 aliphatic rings. The van der Waals surface area contributed by atoms with Crippen LogP contribution < -0.4 is 14.4 Å². The fraction of sp³-hybridized carbons (Fsp3) is 0.267. The molecule has 0 saturated heterocycles. The number of aryl methyl sites for hydroxylation is 2. The quantitative estimate of drug-likeness (QED) is 0.337. The molecule has 0 fully saturated rings. The first-order valence-corrected chi connectivity index (χ1v) is 12.8. The van der Waals surface area contributed by atoms with E-state index < -0.39 is 5.97 Å². The summed E-state index contributed by atoms with van der Waals surface area (Å²) in [6, 6.07) is 16.7. The van der Waals surface area contributed by atoms with Crippen LogP contribution in [0.5, 0.6) is 11.5 Å². The second-order valence-electron chi connectivity index (χ2n) is 9.84. The van der Waals surface area contributed by atoms with Crippen LogP contribution in [0.3, 0.4) is 0 Å². The van der Waals surface area contributed by atoms with E-state index in [0.717, 1.165) is 22.4 Å². The Morgan fingerprint density at radius 1 is 1.05 bits per heavy atom. The Hall–Kier alpha value is -3.97. The van der Waals surface area contributed by atoms with Crippen molar-refractivity contribution in [1.82, 2.24) is 4.57 Å². The standard InChI is InChI=1S/C30H29ClN2O5/c1-17-5-9-26-24(11-17)23(14-29(34)35)19(3)33(26)30(36)22-8-7-20(13-25(22)31)37-16-21-15-32(4)27-12-18(2)6-10-28(27)38-21/h5-13,21H,14-16H2,1-4H3,(H,34,35)/t21-/m0/s1. The maximum Gasteiger partial charge on any atom is 0.307 e. The van der Waals surface area contributed by atoms with E-state index in [2.05, 4.69) is 17.9 Å². The zero-order valence-electron chi connectivity index (χ0n) is 21.7. The van der Waals surface area contributed by atoms with Crippen LogP contribution in [-0.4, -0.2) is 47.9 Å². The number of ether oxygens (including phenoxy) is 2. The summed E-state index contributed by atoms with van der Waals surface area (Å²) in [6.45, 7) is 6.75. The minimum Gasteiger partial charge on any atom is -0.490 e. The van der Waals surface area contributed by atoms with E-state index >= 15 is 0 Å². The summed E-state index contributed by atoms with van der Waals surface area (Å²) >= 11 is 6.57. The third-order valence-electron chi connectivity index (χ3n) is 6.92. The van der Waals surface area contributed by atoms with Gasteiger partial charge in [0.1, 0.15) is 24.2 Å². The number of carbonyl (C=O) groups excluding carboxylic acids is 1. The van der Waals surface area contributed by atoms with Crippen molar-refractivity contribution in [1.29, 1.82) is 0 Å². The van der Waals surface area contributed by atoms with Gasteiger partial charge >= 0.3 is 5.97 Å². The van der Waals surface area contributed by atoms with E-state index in [-0.39, 0.29) is 23.5 Å². The lowest BCUT2D eigenvalue weighted by Crippen LogP contribution is -2.41. The van der Waals surface area contributed by atoms with Gasteiger partial charge in [0, 0.05) is 18.1 Å². The van der Waals surface area contributed by atoms with E-state index in [4.69, 9.17) is 21.1 Å². The van der Waals surface area contributed by atoms with Crippen molar-refractivity contribution in [3.05, 3.63) is 87.6 Å². The lowest BCUT2D eigenvalue weighted by molar-refractivity contribution is -0.136. The number of aromatic nitrogens is 1. The lowest BCUT2D eigenvalue weighted by atomic mass is 10.1. The molecule has 0 unspecified atom stereocenters. The highest BCUT2D eigenvalue weighted by Crippen LogP contribution is 2.34. The van der Waals surface area contributed by atoms with E-state index in [1.165, 1.54) is 5.56 Å². The molecular formula is C30H29ClN2O5. The summed E-state index contributed by atoms with van der Waals surface area (Å²) < 4.78 is 13.7. The lowest BCUT2D eigenvalue weighted by Gasteiger charge is -2.34. The smallest absolute Gasteiger partial charge is 0.307 e. The fourth-order valence-corrected chi connectivity index (χ4v) is 5.29. The molecule has 0 spiro atoms. The predicted molar refractivity (Wildman–Crippen MR) is 148 cm³/mol. The number of carbonyl (C=O) groups is 2. The zero-order chi connectivity index (χ0) is 27.1. The van der Waals surface area contributed by atoms with Crippen molar-refractivity contribution >= 4 is 40.1 Å². The Labute approximate surface area is 226 Å². The fourth-order valence-electron chi connectivity index (χ4n) is 5.03. The molecule has 0 aliphatic carbocycles. The molecule has 196 valence electrons. The minimum atomic E-state index is -0.951. The molecule has 1 atom stereocenters. The van der Waals surface area contributed by atoms with Gasteiger partial charge in [0.2, 0.25) is 0 Å². The van der Waals surface area contributed by atoms with Crippen LogP contribution in [0, 0.1) is 20.8 Å². The van der Waals surface area contributed by atoms with Crippen molar-refractivity contribution in [2.75, 3.05) is 25.1 Å². The molecule has 1 N–H and O–H groups in total. The normalized spacial score (nSPS) is 14.8. The van der Waals surface area contributed by atoms with Crippen LogP contribution in [0.15, 0.2) is 54.6 Å². The van der Waals surface area contributed by atoms with Gasteiger partial charge in [-0.05, 0) is 74.4 Å². The highest BCUT2D eigenvalue weighted by Gasteiger charge is 2.25. The summed E-state index contributed by atoms with van der Waals surface area (Å²) in [5, 5.41) is 10.4. The third-order valence-corrected chi connectivity index (χ3v) is 7.24. The Bertz CT molecular complexity index is 1570. The van der Waals surface area contributed by atoms with Crippen molar-refractivity contribution in [3.63, 3.8) is 0 Å². The molecule has 0 bridgehead atoms. The number of anilines is 1. The number of carboxylic acid groups (broad SMARTS) is 1. The maximum atomic E-state index is 13.6. The van der Waals surface area contributed by atoms with Crippen LogP contribution in [0.1, 0.15) is 32.7 Å². The molecule has 0 saturated carbocycles.